The highest BCUT2D eigenvalue weighted by Crippen LogP contribution is 2.65. The molecule has 4 aliphatic rings. The van der Waals surface area contributed by atoms with Crippen LogP contribution in [0.25, 0.3) is 0 Å². The Morgan fingerprint density at radius 2 is 1.62 bits per heavy atom. The van der Waals surface area contributed by atoms with Crippen LogP contribution in [0.3, 0.4) is 0 Å². The Hall–Kier alpha value is -1.31. The fraction of sp³-hybridized carbons (Fsp3) is 0.632. The van der Waals surface area contributed by atoms with Crippen molar-refractivity contribution in [3.63, 3.8) is 0 Å². The van der Waals surface area contributed by atoms with E-state index in [1.165, 1.54) is 44.6 Å². The summed E-state index contributed by atoms with van der Waals surface area (Å²) in [5.74, 6) is 2.08. The molecule has 0 N–H and O–H groups in total. The molecule has 1 atom stereocenters. The molecule has 1 unspecified atom stereocenters. The third kappa shape index (κ3) is 2.20. The van der Waals surface area contributed by atoms with E-state index >= 15 is 0 Å². The molecule has 0 saturated heterocycles. The van der Waals surface area contributed by atoms with Crippen LogP contribution in [0.15, 0.2) is 38.0 Å². The molecule has 114 valence electrons. The van der Waals surface area contributed by atoms with Gasteiger partial charge in [0.1, 0.15) is 5.60 Å². The first kappa shape index (κ1) is 14.6. The maximum atomic E-state index is 11.9. The van der Waals surface area contributed by atoms with Crippen LogP contribution in [0.2, 0.25) is 0 Å². The molecular weight excluding hydrogens is 260 g/mol. The van der Waals surface area contributed by atoms with Crippen molar-refractivity contribution in [1.29, 1.82) is 0 Å². The summed E-state index contributed by atoms with van der Waals surface area (Å²) in [6.45, 7) is 11.5. The number of ether oxygens (including phenoxy) is 1. The van der Waals surface area contributed by atoms with Crippen molar-refractivity contribution in [3.8, 4) is 0 Å². The molecule has 4 rings (SSSR count). The lowest BCUT2D eigenvalue weighted by atomic mass is 9.45. The average Bonchev–Trinajstić information content (AvgIpc) is 2.45. The number of carbonyl (C=O) groups excluding carboxylic acids is 1. The first-order valence-corrected chi connectivity index (χ1v) is 8.16. The largest absolute Gasteiger partial charge is 0.451 e. The minimum atomic E-state index is -0.601. The van der Waals surface area contributed by atoms with Gasteiger partial charge in [0.15, 0.2) is 0 Å². The summed E-state index contributed by atoms with van der Waals surface area (Å²) in [6.07, 6.45) is 13.3. The van der Waals surface area contributed by atoms with Crippen LogP contribution < -0.4 is 0 Å². The van der Waals surface area contributed by atoms with Gasteiger partial charge in [0.05, 0.1) is 0 Å². The second-order valence-corrected chi connectivity index (χ2v) is 7.41. The Morgan fingerprint density at radius 3 is 2.00 bits per heavy atom. The van der Waals surface area contributed by atoms with Gasteiger partial charge in [0.25, 0.3) is 0 Å². The lowest BCUT2D eigenvalue weighted by molar-refractivity contribution is -0.189. The molecule has 4 bridgehead atoms. The summed E-state index contributed by atoms with van der Waals surface area (Å²) in [4.78, 5) is 11.9. The average molecular weight is 286 g/mol. The van der Waals surface area contributed by atoms with Crippen LogP contribution in [0, 0.1) is 23.2 Å². The van der Waals surface area contributed by atoms with Gasteiger partial charge in [-0.15, -0.1) is 6.58 Å². The highest BCUT2D eigenvalue weighted by Gasteiger charge is 2.60. The van der Waals surface area contributed by atoms with Gasteiger partial charge in [0, 0.05) is 17.9 Å². The van der Waals surface area contributed by atoms with Crippen molar-refractivity contribution < 1.29 is 9.53 Å². The Bertz CT molecular complexity index is 441. The molecule has 0 aromatic carbocycles. The molecule has 0 amide bonds. The quantitative estimate of drug-likeness (QED) is 0.410. The maximum absolute atomic E-state index is 11.9. The molecule has 4 aliphatic carbocycles. The van der Waals surface area contributed by atoms with E-state index in [0.29, 0.717) is 6.42 Å². The van der Waals surface area contributed by atoms with Crippen molar-refractivity contribution in [1.82, 2.24) is 0 Å². The van der Waals surface area contributed by atoms with Gasteiger partial charge in [0.2, 0.25) is 0 Å². The van der Waals surface area contributed by atoms with Gasteiger partial charge in [-0.3, -0.25) is 0 Å². The van der Waals surface area contributed by atoms with E-state index < -0.39 is 5.60 Å². The first-order valence-electron chi connectivity index (χ1n) is 8.16. The summed E-state index contributed by atoms with van der Waals surface area (Å²) in [5.41, 5.74) is -0.535. The molecule has 4 saturated carbocycles. The lowest BCUT2D eigenvalue weighted by Gasteiger charge is -2.62. The maximum Gasteiger partial charge on any atom is 0.331 e. The zero-order chi connectivity index (χ0) is 15.1. The van der Waals surface area contributed by atoms with Crippen molar-refractivity contribution >= 4 is 5.97 Å². The standard InChI is InChI=1S/C19H26O2/c1-4-7-19(6-3,21-17(20)5-2)18-11-14-8-15(12-18)10-16(9-14)13-18/h4-6,14-16H,1-3,7-13H2. The molecule has 0 aliphatic heterocycles. The van der Waals surface area contributed by atoms with Crippen LogP contribution in [-0.2, 0) is 9.53 Å². The topological polar surface area (TPSA) is 26.3 Å². The van der Waals surface area contributed by atoms with Gasteiger partial charge in [-0.05, 0) is 62.4 Å². The zero-order valence-electron chi connectivity index (χ0n) is 12.9. The number of rotatable bonds is 6. The molecule has 0 heterocycles. The highest BCUT2D eigenvalue weighted by atomic mass is 16.6. The molecule has 0 aromatic heterocycles. The van der Waals surface area contributed by atoms with Crippen LogP contribution in [0.4, 0.5) is 0 Å². The Kier molecular flexibility index (Phi) is 3.59. The minimum absolute atomic E-state index is 0.0658. The number of hydrogen-bond acceptors (Lipinski definition) is 2. The second kappa shape index (κ2) is 5.15. The van der Waals surface area contributed by atoms with Crippen LogP contribution >= 0.6 is 0 Å². The third-order valence-electron chi connectivity index (χ3n) is 6.16. The van der Waals surface area contributed by atoms with Crippen molar-refractivity contribution in [3.05, 3.63) is 38.0 Å². The van der Waals surface area contributed by atoms with E-state index in [-0.39, 0.29) is 11.4 Å². The molecule has 4 fully saturated rings. The fourth-order valence-electron chi connectivity index (χ4n) is 5.77. The highest BCUT2D eigenvalue weighted by molar-refractivity contribution is 5.81. The fourth-order valence-corrected chi connectivity index (χ4v) is 5.77. The molecule has 2 nitrogen and oxygen atoms in total. The van der Waals surface area contributed by atoms with Gasteiger partial charge < -0.3 is 4.74 Å². The van der Waals surface area contributed by atoms with E-state index in [9.17, 15) is 4.79 Å². The second-order valence-electron chi connectivity index (χ2n) is 7.41. The Labute approximate surface area is 127 Å². The van der Waals surface area contributed by atoms with Crippen LogP contribution in [0.5, 0.6) is 0 Å². The molecule has 2 heteroatoms. The summed E-state index contributed by atoms with van der Waals surface area (Å²) in [7, 11) is 0. The smallest absolute Gasteiger partial charge is 0.331 e. The molecule has 0 aromatic rings. The van der Waals surface area contributed by atoms with Crippen molar-refractivity contribution in [2.45, 2.75) is 50.5 Å². The predicted molar refractivity (Wildman–Crippen MR) is 84.6 cm³/mol. The summed E-state index contributed by atoms with van der Waals surface area (Å²) < 4.78 is 5.92. The summed E-state index contributed by atoms with van der Waals surface area (Å²) >= 11 is 0. The Balaban J connectivity index is 1.98. The van der Waals surface area contributed by atoms with Crippen molar-refractivity contribution in [2.24, 2.45) is 23.2 Å². The van der Waals surface area contributed by atoms with E-state index in [2.05, 4.69) is 19.7 Å². The van der Waals surface area contributed by atoms with Crippen molar-refractivity contribution in [2.75, 3.05) is 0 Å². The zero-order valence-corrected chi connectivity index (χ0v) is 12.9. The molecule has 0 radical (unpaired) electrons. The van der Waals surface area contributed by atoms with E-state index in [4.69, 9.17) is 4.74 Å². The summed E-state index contributed by atoms with van der Waals surface area (Å²) in [6, 6.07) is 0. The third-order valence-corrected chi connectivity index (χ3v) is 6.16. The number of carbonyl (C=O) groups is 1. The first-order chi connectivity index (χ1) is 10.1. The van der Waals surface area contributed by atoms with E-state index in [1.54, 1.807) is 0 Å². The monoisotopic (exact) mass is 286 g/mol. The number of esters is 1. The van der Waals surface area contributed by atoms with Gasteiger partial charge in [-0.1, -0.05) is 19.2 Å². The Morgan fingerprint density at radius 1 is 1.10 bits per heavy atom. The number of hydrogen-bond donors (Lipinski definition) is 0. The molecule has 0 spiro atoms. The molecular formula is C19H26O2. The normalized spacial score (nSPS) is 39.3. The van der Waals surface area contributed by atoms with E-state index in [1.807, 2.05) is 12.2 Å². The van der Waals surface area contributed by atoms with Crippen LogP contribution in [0.1, 0.15) is 44.9 Å². The predicted octanol–water partition coefficient (Wildman–Crippen LogP) is 4.43. The SMILES string of the molecule is C=CCC(C=C)(OC(=O)C=C)C12CC3CC(CC(C3)C1)C2. The van der Waals surface area contributed by atoms with Gasteiger partial charge in [-0.25, -0.2) is 4.79 Å². The van der Waals surface area contributed by atoms with Crippen LogP contribution in [-0.4, -0.2) is 11.6 Å². The molecule has 21 heavy (non-hydrogen) atoms. The lowest BCUT2D eigenvalue weighted by Crippen LogP contribution is -2.59. The van der Waals surface area contributed by atoms with E-state index in [0.717, 1.165) is 17.8 Å². The summed E-state index contributed by atoms with van der Waals surface area (Å²) in [5, 5.41) is 0. The van der Waals surface area contributed by atoms with Gasteiger partial charge >= 0.3 is 5.97 Å². The van der Waals surface area contributed by atoms with Gasteiger partial charge in [-0.2, -0.15) is 0 Å². The minimum Gasteiger partial charge on any atom is -0.451 e.